The van der Waals surface area contributed by atoms with E-state index >= 15 is 0 Å². The summed E-state index contributed by atoms with van der Waals surface area (Å²) in [5.74, 6) is -0.0913. The smallest absolute Gasteiger partial charge is 0.123 e. The minimum absolute atomic E-state index is 0.0913. The molecule has 0 saturated carbocycles. The molecule has 0 radical (unpaired) electrons. The predicted octanol–water partition coefficient (Wildman–Crippen LogP) is 3.37. The SMILES string of the molecule is CCc1cc(F)cc(CN2CCCCC2)c1. The van der Waals surface area contributed by atoms with Gasteiger partial charge in [0.25, 0.3) is 0 Å². The van der Waals surface area contributed by atoms with Gasteiger partial charge in [-0.2, -0.15) is 0 Å². The van der Waals surface area contributed by atoms with Crippen LogP contribution in [0.4, 0.5) is 4.39 Å². The van der Waals surface area contributed by atoms with Crippen LogP contribution in [0.25, 0.3) is 0 Å². The lowest BCUT2D eigenvalue weighted by molar-refractivity contribution is 0.220. The summed E-state index contributed by atoms with van der Waals surface area (Å²) in [7, 11) is 0. The largest absolute Gasteiger partial charge is 0.299 e. The summed E-state index contributed by atoms with van der Waals surface area (Å²) < 4.78 is 13.4. The molecular formula is C14H20FN. The Morgan fingerprint density at radius 3 is 2.44 bits per heavy atom. The molecule has 0 amide bonds. The third-order valence-corrected chi connectivity index (χ3v) is 3.28. The number of halogens is 1. The fourth-order valence-corrected chi connectivity index (χ4v) is 2.39. The van der Waals surface area contributed by atoms with Crippen molar-refractivity contribution in [2.45, 2.75) is 39.2 Å². The van der Waals surface area contributed by atoms with Gasteiger partial charge in [0.15, 0.2) is 0 Å². The van der Waals surface area contributed by atoms with Crippen molar-refractivity contribution >= 4 is 0 Å². The molecule has 0 aromatic heterocycles. The highest BCUT2D eigenvalue weighted by Crippen LogP contribution is 2.15. The fourth-order valence-electron chi connectivity index (χ4n) is 2.39. The lowest BCUT2D eigenvalue weighted by atomic mass is 10.1. The highest BCUT2D eigenvalue weighted by molar-refractivity contribution is 5.24. The molecule has 0 unspecified atom stereocenters. The lowest BCUT2D eigenvalue weighted by Gasteiger charge is -2.26. The summed E-state index contributed by atoms with van der Waals surface area (Å²) in [6.45, 7) is 5.31. The zero-order chi connectivity index (χ0) is 11.4. The second-order valence-corrected chi connectivity index (χ2v) is 4.66. The van der Waals surface area contributed by atoms with Gasteiger partial charge in [-0.25, -0.2) is 4.39 Å². The third kappa shape index (κ3) is 3.05. The number of rotatable bonds is 3. The average Bonchev–Trinajstić information content (AvgIpc) is 2.29. The highest BCUT2D eigenvalue weighted by atomic mass is 19.1. The molecule has 2 heteroatoms. The van der Waals surface area contributed by atoms with Crippen LogP contribution in [0.2, 0.25) is 0 Å². The molecule has 1 nitrogen and oxygen atoms in total. The third-order valence-electron chi connectivity index (χ3n) is 3.28. The first-order valence-electron chi connectivity index (χ1n) is 6.28. The van der Waals surface area contributed by atoms with Crippen molar-refractivity contribution in [1.82, 2.24) is 4.90 Å². The summed E-state index contributed by atoms with van der Waals surface area (Å²) in [4.78, 5) is 2.43. The summed E-state index contributed by atoms with van der Waals surface area (Å²) in [5, 5.41) is 0. The summed E-state index contributed by atoms with van der Waals surface area (Å²) in [6, 6.07) is 5.45. The van der Waals surface area contributed by atoms with E-state index in [0.717, 1.165) is 37.2 Å². The van der Waals surface area contributed by atoms with Crippen LogP contribution < -0.4 is 0 Å². The van der Waals surface area contributed by atoms with Gasteiger partial charge < -0.3 is 0 Å². The van der Waals surface area contributed by atoms with E-state index in [1.165, 1.54) is 19.3 Å². The number of hydrogen-bond donors (Lipinski definition) is 0. The van der Waals surface area contributed by atoms with Crippen molar-refractivity contribution in [2.24, 2.45) is 0 Å². The molecule has 1 aliphatic heterocycles. The van der Waals surface area contributed by atoms with Gasteiger partial charge in [-0.05, 0) is 55.6 Å². The number of hydrogen-bond acceptors (Lipinski definition) is 1. The Labute approximate surface area is 97.3 Å². The lowest BCUT2D eigenvalue weighted by Crippen LogP contribution is -2.29. The van der Waals surface area contributed by atoms with Gasteiger partial charge in [-0.3, -0.25) is 4.90 Å². The monoisotopic (exact) mass is 221 g/mol. The molecule has 0 bridgehead atoms. The second-order valence-electron chi connectivity index (χ2n) is 4.66. The van der Waals surface area contributed by atoms with E-state index in [4.69, 9.17) is 0 Å². The molecule has 0 spiro atoms. The molecule has 88 valence electrons. The van der Waals surface area contributed by atoms with E-state index in [1.54, 1.807) is 12.1 Å². The summed E-state index contributed by atoms with van der Waals surface area (Å²) in [5.41, 5.74) is 2.23. The first-order chi connectivity index (χ1) is 7.78. The van der Waals surface area contributed by atoms with Crippen LogP contribution in [0, 0.1) is 5.82 Å². The van der Waals surface area contributed by atoms with Crippen molar-refractivity contribution in [1.29, 1.82) is 0 Å². The quantitative estimate of drug-likeness (QED) is 0.756. The maximum atomic E-state index is 13.4. The molecule has 2 rings (SSSR count). The Balaban J connectivity index is 2.04. The van der Waals surface area contributed by atoms with Crippen LogP contribution in [-0.4, -0.2) is 18.0 Å². The Bertz CT molecular complexity index is 343. The molecule has 0 atom stereocenters. The molecule has 1 aromatic carbocycles. The topological polar surface area (TPSA) is 3.24 Å². The van der Waals surface area contributed by atoms with Crippen LogP contribution in [-0.2, 0) is 13.0 Å². The maximum absolute atomic E-state index is 13.4. The fraction of sp³-hybridized carbons (Fsp3) is 0.571. The van der Waals surface area contributed by atoms with Crippen molar-refractivity contribution < 1.29 is 4.39 Å². The van der Waals surface area contributed by atoms with E-state index in [9.17, 15) is 4.39 Å². The second kappa shape index (κ2) is 5.44. The molecule has 16 heavy (non-hydrogen) atoms. The Kier molecular flexibility index (Phi) is 3.94. The van der Waals surface area contributed by atoms with Crippen molar-refractivity contribution in [3.8, 4) is 0 Å². The average molecular weight is 221 g/mol. The van der Waals surface area contributed by atoms with Crippen LogP contribution in [0.3, 0.4) is 0 Å². The van der Waals surface area contributed by atoms with E-state index in [-0.39, 0.29) is 5.82 Å². The van der Waals surface area contributed by atoms with E-state index in [0.29, 0.717) is 0 Å². The zero-order valence-electron chi connectivity index (χ0n) is 10.0. The van der Waals surface area contributed by atoms with Crippen LogP contribution >= 0.6 is 0 Å². The van der Waals surface area contributed by atoms with Crippen molar-refractivity contribution in [3.63, 3.8) is 0 Å². The molecule has 1 aliphatic rings. The summed E-state index contributed by atoms with van der Waals surface area (Å²) in [6.07, 6.45) is 4.83. The Morgan fingerprint density at radius 1 is 1.06 bits per heavy atom. The van der Waals surface area contributed by atoms with Crippen molar-refractivity contribution in [2.75, 3.05) is 13.1 Å². The van der Waals surface area contributed by atoms with E-state index in [1.807, 2.05) is 0 Å². The van der Waals surface area contributed by atoms with Gasteiger partial charge in [-0.1, -0.05) is 19.4 Å². The first-order valence-corrected chi connectivity index (χ1v) is 6.28. The van der Waals surface area contributed by atoms with Crippen LogP contribution in [0.15, 0.2) is 18.2 Å². The molecule has 0 aliphatic carbocycles. The normalized spacial score (nSPS) is 17.6. The van der Waals surface area contributed by atoms with Crippen molar-refractivity contribution in [3.05, 3.63) is 35.1 Å². The van der Waals surface area contributed by atoms with Gasteiger partial charge in [-0.15, -0.1) is 0 Å². The standard InChI is InChI=1S/C14H20FN/c1-2-12-8-13(10-14(15)9-12)11-16-6-4-3-5-7-16/h8-10H,2-7,11H2,1H3. The number of piperidine rings is 1. The number of benzene rings is 1. The summed E-state index contributed by atoms with van der Waals surface area (Å²) >= 11 is 0. The Morgan fingerprint density at radius 2 is 1.75 bits per heavy atom. The van der Waals surface area contributed by atoms with Gasteiger partial charge in [0.05, 0.1) is 0 Å². The van der Waals surface area contributed by atoms with Gasteiger partial charge in [0.2, 0.25) is 0 Å². The molecular weight excluding hydrogens is 201 g/mol. The van der Waals surface area contributed by atoms with Gasteiger partial charge in [0, 0.05) is 6.54 Å². The first kappa shape index (κ1) is 11.6. The number of likely N-dealkylation sites (tertiary alicyclic amines) is 1. The molecule has 1 aromatic rings. The minimum atomic E-state index is -0.0913. The number of nitrogens with zero attached hydrogens (tertiary/aromatic N) is 1. The zero-order valence-corrected chi connectivity index (χ0v) is 10.0. The number of aryl methyl sites for hydroxylation is 1. The molecule has 1 fully saturated rings. The van der Waals surface area contributed by atoms with Gasteiger partial charge >= 0.3 is 0 Å². The predicted molar refractivity (Wildman–Crippen MR) is 64.9 cm³/mol. The van der Waals surface area contributed by atoms with Crippen LogP contribution in [0.1, 0.15) is 37.3 Å². The Hall–Kier alpha value is -0.890. The highest BCUT2D eigenvalue weighted by Gasteiger charge is 2.11. The maximum Gasteiger partial charge on any atom is 0.123 e. The van der Waals surface area contributed by atoms with E-state index < -0.39 is 0 Å². The molecule has 1 saturated heterocycles. The van der Waals surface area contributed by atoms with Crippen LogP contribution in [0.5, 0.6) is 0 Å². The molecule has 1 heterocycles. The van der Waals surface area contributed by atoms with Gasteiger partial charge in [0.1, 0.15) is 5.82 Å². The van der Waals surface area contributed by atoms with E-state index in [2.05, 4.69) is 17.9 Å². The molecule has 0 N–H and O–H groups in total. The minimum Gasteiger partial charge on any atom is -0.299 e.